The summed E-state index contributed by atoms with van der Waals surface area (Å²) in [5.74, 6) is -0.140. The fraction of sp³-hybridized carbons (Fsp3) is 0.312. The maximum Gasteiger partial charge on any atom is 0.417 e. The molecule has 0 unspecified atom stereocenters. The van der Waals surface area contributed by atoms with Crippen LogP contribution >= 0.6 is 11.6 Å². The minimum absolute atomic E-state index is 0.133. The van der Waals surface area contributed by atoms with Gasteiger partial charge in [-0.3, -0.25) is 4.79 Å². The fourth-order valence-corrected chi connectivity index (χ4v) is 2.17. The van der Waals surface area contributed by atoms with Crippen molar-refractivity contribution in [3.05, 3.63) is 46.9 Å². The number of hydrogen-bond donors (Lipinski definition) is 2. The Hall–Kier alpha value is -2.35. The van der Waals surface area contributed by atoms with Crippen molar-refractivity contribution in [3.8, 4) is 0 Å². The van der Waals surface area contributed by atoms with Crippen molar-refractivity contribution >= 4 is 29.0 Å². The van der Waals surface area contributed by atoms with Gasteiger partial charge in [0.15, 0.2) is 0 Å². The van der Waals surface area contributed by atoms with Crippen molar-refractivity contribution in [3.63, 3.8) is 0 Å². The Kier molecular flexibility index (Phi) is 6.19. The number of nitrogens with zero attached hydrogens (tertiary/aromatic N) is 2. The average Bonchev–Trinajstić information content (AvgIpc) is 2.56. The highest BCUT2D eigenvalue weighted by Crippen LogP contribution is 2.36. The molecule has 1 amide bonds. The molecule has 0 aliphatic rings. The summed E-state index contributed by atoms with van der Waals surface area (Å²) < 4.78 is 38.6. The minimum atomic E-state index is -4.55. The Balaban J connectivity index is 2.08. The van der Waals surface area contributed by atoms with Gasteiger partial charge in [0.05, 0.1) is 23.0 Å². The summed E-state index contributed by atoms with van der Waals surface area (Å²) in [5, 5.41) is 5.01. The molecule has 9 heteroatoms. The van der Waals surface area contributed by atoms with Gasteiger partial charge in [-0.25, -0.2) is 9.97 Å². The third-order valence-corrected chi connectivity index (χ3v) is 3.57. The maximum absolute atomic E-state index is 12.9. The molecule has 0 fully saturated rings. The standard InChI is InChI=1S/C16H16ClF3N4O/c1-2-3-6-21-15(25)13-8-23-14(9-22-13)24-10-4-5-12(17)11(7-10)16(18,19)20/h4-5,7-9H,2-3,6H2,1H3,(H,21,25)(H,23,24). The monoisotopic (exact) mass is 372 g/mol. The zero-order chi connectivity index (χ0) is 18.4. The van der Waals surface area contributed by atoms with Gasteiger partial charge in [0, 0.05) is 12.2 Å². The lowest BCUT2D eigenvalue weighted by Gasteiger charge is -2.12. The van der Waals surface area contributed by atoms with Gasteiger partial charge in [0.25, 0.3) is 5.91 Å². The second-order valence-electron chi connectivity index (χ2n) is 5.21. The van der Waals surface area contributed by atoms with E-state index in [9.17, 15) is 18.0 Å². The van der Waals surface area contributed by atoms with Gasteiger partial charge in [0.1, 0.15) is 11.5 Å². The average molecular weight is 373 g/mol. The quantitative estimate of drug-likeness (QED) is 0.736. The van der Waals surface area contributed by atoms with Crippen LogP contribution in [-0.2, 0) is 6.18 Å². The van der Waals surface area contributed by atoms with Gasteiger partial charge in [-0.05, 0) is 24.6 Å². The molecule has 0 saturated carbocycles. The van der Waals surface area contributed by atoms with Crippen LogP contribution < -0.4 is 10.6 Å². The fourth-order valence-electron chi connectivity index (χ4n) is 1.95. The summed E-state index contributed by atoms with van der Waals surface area (Å²) >= 11 is 5.57. The van der Waals surface area contributed by atoms with Crippen LogP contribution in [0.15, 0.2) is 30.6 Å². The Bertz CT molecular complexity index is 735. The van der Waals surface area contributed by atoms with Gasteiger partial charge in [-0.15, -0.1) is 0 Å². The van der Waals surface area contributed by atoms with Crippen LogP contribution in [0.2, 0.25) is 5.02 Å². The van der Waals surface area contributed by atoms with Gasteiger partial charge < -0.3 is 10.6 Å². The van der Waals surface area contributed by atoms with Crippen LogP contribution in [0, 0.1) is 0 Å². The van der Waals surface area contributed by atoms with E-state index in [1.165, 1.54) is 18.5 Å². The van der Waals surface area contributed by atoms with E-state index in [2.05, 4.69) is 20.6 Å². The third kappa shape index (κ3) is 5.32. The van der Waals surface area contributed by atoms with E-state index in [4.69, 9.17) is 11.6 Å². The number of halogens is 4. The lowest BCUT2D eigenvalue weighted by Crippen LogP contribution is -2.25. The number of alkyl halides is 3. The first-order valence-corrected chi connectivity index (χ1v) is 7.93. The SMILES string of the molecule is CCCCNC(=O)c1cnc(Nc2ccc(Cl)c(C(F)(F)F)c2)cn1. The summed E-state index contributed by atoms with van der Waals surface area (Å²) in [5.41, 5.74) is -0.654. The minimum Gasteiger partial charge on any atom is -0.351 e. The van der Waals surface area contributed by atoms with E-state index in [0.717, 1.165) is 25.0 Å². The number of benzene rings is 1. The molecule has 1 aromatic heterocycles. The summed E-state index contributed by atoms with van der Waals surface area (Å²) in [6.07, 6.45) is -0.214. The summed E-state index contributed by atoms with van der Waals surface area (Å²) in [4.78, 5) is 19.8. The van der Waals surface area contributed by atoms with Crippen molar-refractivity contribution in [1.29, 1.82) is 0 Å². The molecule has 5 nitrogen and oxygen atoms in total. The van der Waals surface area contributed by atoms with Crippen LogP contribution in [0.4, 0.5) is 24.7 Å². The van der Waals surface area contributed by atoms with E-state index in [-0.39, 0.29) is 28.1 Å². The van der Waals surface area contributed by atoms with E-state index < -0.39 is 11.7 Å². The number of carbonyl (C=O) groups excluding carboxylic acids is 1. The van der Waals surface area contributed by atoms with Crippen LogP contribution in [0.25, 0.3) is 0 Å². The van der Waals surface area contributed by atoms with Crippen LogP contribution in [0.3, 0.4) is 0 Å². The highest BCUT2D eigenvalue weighted by Gasteiger charge is 2.33. The predicted octanol–water partition coefficient (Wildman–Crippen LogP) is 4.42. The topological polar surface area (TPSA) is 66.9 Å². The number of aromatic nitrogens is 2. The van der Waals surface area contributed by atoms with Gasteiger partial charge in [-0.1, -0.05) is 24.9 Å². The molecule has 0 aliphatic carbocycles. The number of rotatable bonds is 6. The number of anilines is 2. The molecule has 25 heavy (non-hydrogen) atoms. The Morgan fingerprint density at radius 1 is 1.24 bits per heavy atom. The number of nitrogens with one attached hydrogen (secondary N) is 2. The molecular formula is C16H16ClF3N4O. The van der Waals surface area contributed by atoms with Crippen molar-refractivity contribution in [2.75, 3.05) is 11.9 Å². The molecule has 2 aromatic rings. The summed E-state index contributed by atoms with van der Waals surface area (Å²) in [7, 11) is 0. The van der Waals surface area contributed by atoms with Crippen molar-refractivity contribution in [2.45, 2.75) is 25.9 Å². The highest BCUT2D eigenvalue weighted by molar-refractivity contribution is 6.31. The molecule has 0 saturated heterocycles. The number of unbranched alkanes of at least 4 members (excludes halogenated alkanes) is 1. The first kappa shape index (κ1) is 19.0. The first-order chi connectivity index (χ1) is 11.8. The lowest BCUT2D eigenvalue weighted by molar-refractivity contribution is -0.137. The number of carbonyl (C=O) groups is 1. The number of hydrogen-bond acceptors (Lipinski definition) is 4. The third-order valence-electron chi connectivity index (χ3n) is 3.24. The molecule has 0 aliphatic heterocycles. The van der Waals surface area contributed by atoms with Crippen LogP contribution in [0.5, 0.6) is 0 Å². The molecule has 0 radical (unpaired) electrons. The molecule has 0 spiro atoms. The number of amides is 1. The normalized spacial score (nSPS) is 11.2. The Morgan fingerprint density at radius 3 is 2.60 bits per heavy atom. The second-order valence-corrected chi connectivity index (χ2v) is 5.62. The zero-order valence-electron chi connectivity index (χ0n) is 13.3. The molecule has 0 atom stereocenters. The Morgan fingerprint density at radius 2 is 2.00 bits per heavy atom. The molecular weight excluding hydrogens is 357 g/mol. The molecule has 1 aromatic carbocycles. The largest absolute Gasteiger partial charge is 0.417 e. The summed E-state index contributed by atoms with van der Waals surface area (Å²) in [6.45, 7) is 2.55. The van der Waals surface area contributed by atoms with Gasteiger partial charge in [-0.2, -0.15) is 13.2 Å². The van der Waals surface area contributed by atoms with E-state index in [1.807, 2.05) is 6.92 Å². The zero-order valence-corrected chi connectivity index (χ0v) is 14.1. The highest BCUT2D eigenvalue weighted by atomic mass is 35.5. The molecule has 2 N–H and O–H groups in total. The second kappa shape index (κ2) is 8.15. The summed E-state index contributed by atoms with van der Waals surface area (Å²) in [6, 6.07) is 3.43. The van der Waals surface area contributed by atoms with Crippen molar-refractivity contribution < 1.29 is 18.0 Å². The predicted molar refractivity (Wildman–Crippen MR) is 89.0 cm³/mol. The van der Waals surface area contributed by atoms with Crippen LogP contribution in [-0.4, -0.2) is 22.4 Å². The van der Waals surface area contributed by atoms with E-state index >= 15 is 0 Å². The van der Waals surface area contributed by atoms with E-state index in [1.54, 1.807) is 0 Å². The van der Waals surface area contributed by atoms with Crippen molar-refractivity contribution in [2.24, 2.45) is 0 Å². The molecule has 2 rings (SSSR count). The first-order valence-electron chi connectivity index (χ1n) is 7.55. The molecule has 134 valence electrons. The van der Waals surface area contributed by atoms with Crippen molar-refractivity contribution in [1.82, 2.24) is 15.3 Å². The molecule has 0 bridgehead atoms. The molecule has 1 heterocycles. The van der Waals surface area contributed by atoms with Crippen LogP contribution in [0.1, 0.15) is 35.8 Å². The Labute approximate surface area is 147 Å². The maximum atomic E-state index is 12.9. The van der Waals surface area contributed by atoms with Gasteiger partial charge in [0.2, 0.25) is 0 Å². The van der Waals surface area contributed by atoms with E-state index in [0.29, 0.717) is 6.54 Å². The van der Waals surface area contributed by atoms with Gasteiger partial charge >= 0.3 is 6.18 Å². The smallest absolute Gasteiger partial charge is 0.351 e. The lowest BCUT2D eigenvalue weighted by atomic mass is 10.2.